The first-order chi connectivity index (χ1) is 14.6. The van der Waals surface area contributed by atoms with E-state index in [1.54, 1.807) is 87.0 Å². The van der Waals surface area contributed by atoms with Gasteiger partial charge in [-0.15, -0.1) is 0 Å². The van der Waals surface area contributed by atoms with Gasteiger partial charge in [0.25, 0.3) is 0 Å². The molecule has 0 radical (unpaired) electrons. The number of Topliss-reactive ketones (excluding diaryl/α,β-unsaturated/α-hetero) is 1. The Labute approximate surface area is 176 Å². The summed E-state index contributed by atoms with van der Waals surface area (Å²) >= 11 is 0. The van der Waals surface area contributed by atoms with E-state index in [2.05, 4.69) is 0 Å². The van der Waals surface area contributed by atoms with Crippen LogP contribution >= 0.6 is 0 Å². The molecule has 0 aromatic heterocycles. The Morgan fingerprint density at radius 1 is 0.767 bits per heavy atom. The van der Waals surface area contributed by atoms with E-state index in [9.17, 15) is 9.59 Å². The lowest BCUT2D eigenvalue weighted by molar-refractivity contribution is 0.0781. The van der Waals surface area contributed by atoms with Gasteiger partial charge in [0.15, 0.2) is 11.9 Å². The van der Waals surface area contributed by atoms with Crippen molar-refractivity contribution in [2.45, 2.75) is 19.4 Å². The molecule has 0 N–H and O–H groups in total. The van der Waals surface area contributed by atoms with Gasteiger partial charge in [0.05, 0.1) is 19.8 Å². The van der Waals surface area contributed by atoms with Crippen molar-refractivity contribution >= 4 is 11.6 Å². The summed E-state index contributed by atoms with van der Waals surface area (Å²) < 4.78 is 16.3. The molecular weight excluding hydrogens is 380 g/mol. The molecule has 1 unspecified atom stereocenters. The van der Waals surface area contributed by atoms with E-state index in [1.807, 2.05) is 6.92 Å². The monoisotopic (exact) mass is 404 g/mol. The lowest BCUT2D eigenvalue weighted by atomic mass is 10.0. The fourth-order valence-corrected chi connectivity index (χ4v) is 3.07. The van der Waals surface area contributed by atoms with Crippen molar-refractivity contribution in [1.82, 2.24) is 0 Å². The molecule has 0 bridgehead atoms. The van der Waals surface area contributed by atoms with Crippen molar-refractivity contribution in [3.8, 4) is 17.2 Å². The molecule has 30 heavy (non-hydrogen) atoms. The molecule has 0 heterocycles. The second kappa shape index (κ2) is 9.74. The fourth-order valence-electron chi connectivity index (χ4n) is 3.07. The number of carbonyl (C=O) groups excluding carboxylic acids is 2. The number of hydrogen-bond donors (Lipinski definition) is 0. The highest BCUT2D eigenvalue weighted by molar-refractivity contribution is 6.11. The van der Waals surface area contributed by atoms with Crippen LogP contribution in [0.1, 0.15) is 39.6 Å². The molecular formula is C25H24O5. The van der Waals surface area contributed by atoms with E-state index >= 15 is 0 Å². The van der Waals surface area contributed by atoms with Gasteiger partial charge in [-0.3, -0.25) is 9.59 Å². The summed E-state index contributed by atoms with van der Waals surface area (Å²) in [6.07, 6.45) is -0.237. The van der Waals surface area contributed by atoms with Crippen LogP contribution in [0.4, 0.5) is 0 Å². The van der Waals surface area contributed by atoms with Crippen LogP contribution in [-0.2, 0) is 0 Å². The lowest BCUT2D eigenvalue weighted by Crippen LogP contribution is -2.27. The van der Waals surface area contributed by atoms with Crippen LogP contribution in [0.2, 0.25) is 0 Å². The van der Waals surface area contributed by atoms with Crippen molar-refractivity contribution < 1.29 is 23.8 Å². The number of methoxy groups -OCH3 is 2. The first kappa shape index (κ1) is 21.1. The normalized spacial score (nSPS) is 11.4. The minimum atomic E-state index is -0.705. The minimum Gasteiger partial charge on any atom is -0.497 e. The predicted octanol–water partition coefficient (Wildman–Crippen LogP) is 4.98. The van der Waals surface area contributed by atoms with Gasteiger partial charge in [0.2, 0.25) is 5.78 Å². The molecule has 154 valence electrons. The molecule has 0 aliphatic rings. The minimum absolute atomic E-state index is 0.146. The number of rotatable bonds is 9. The average Bonchev–Trinajstić information content (AvgIpc) is 2.82. The molecule has 0 fully saturated rings. The van der Waals surface area contributed by atoms with E-state index in [1.165, 1.54) is 0 Å². The summed E-state index contributed by atoms with van der Waals surface area (Å²) in [6.45, 7) is 1.87. The van der Waals surface area contributed by atoms with Gasteiger partial charge in [0.1, 0.15) is 17.2 Å². The quantitative estimate of drug-likeness (QED) is 0.471. The first-order valence-corrected chi connectivity index (χ1v) is 9.70. The lowest BCUT2D eigenvalue weighted by Gasteiger charge is -2.19. The molecule has 1 atom stereocenters. The average molecular weight is 404 g/mol. The van der Waals surface area contributed by atoms with Gasteiger partial charge >= 0.3 is 0 Å². The summed E-state index contributed by atoms with van der Waals surface area (Å²) in [4.78, 5) is 26.0. The van der Waals surface area contributed by atoms with Crippen LogP contribution in [0.15, 0.2) is 72.8 Å². The first-order valence-electron chi connectivity index (χ1n) is 9.70. The van der Waals surface area contributed by atoms with Crippen molar-refractivity contribution in [1.29, 1.82) is 0 Å². The van der Waals surface area contributed by atoms with Crippen molar-refractivity contribution in [2.24, 2.45) is 0 Å². The molecule has 0 saturated carbocycles. The highest BCUT2D eigenvalue weighted by Crippen LogP contribution is 2.25. The third-order valence-electron chi connectivity index (χ3n) is 4.79. The maximum absolute atomic E-state index is 13.0. The summed E-state index contributed by atoms with van der Waals surface area (Å²) in [5.74, 6) is 1.40. The molecule has 0 amide bonds. The Balaban J connectivity index is 1.84. The molecule has 5 heteroatoms. The standard InChI is InChI=1S/C25H24O5/c1-4-22(25(27)18-11-15-20(29-3)16-12-18)30-23-8-6-5-7-21(23)24(26)17-9-13-19(28-2)14-10-17/h5-16,22H,4H2,1-3H3. The Hall–Kier alpha value is -3.60. The third-order valence-corrected chi connectivity index (χ3v) is 4.79. The van der Waals surface area contributed by atoms with E-state index in [0.29, 0.717) is 40.4 Å². The highest BCUT2D eigenvalue weighted by atomic mass is 16.5. The van der Waals surface area contributed by atoms with Gasteiger partial charge < -0.3 is 14.2 Å². The second-order valence-corrected chi connectivity index (χ2v) is 6.66. The number of hydrogen-bond acceptors (Lipinski definition) is 5. The zero-order valence-corrected chi connectivity index (χ0v) is 17.3. The van der Waals surface area contributed by atoms with Crippen LogP contribution in [0, 0.1) is 0 Å². The number of ketones is 2. The zero-order valence-electron chi connectivity index (χ0n) is 17.3. The molecule has 3 aromatic carbocycles. The number of benzene rings is 3. The van der Waals surface area contributed by atoms with Gasteiger partial charge in [-0.05, 0) is 67.1 Å². The van der Waals surface area contributed by atoms with Crippen molar-refractivity contribution in [3.63, 3.8) is 0 Å². The summed E-state index contributed by atoms with van der Waals surface area (Å²) in [7, 11) is 3.15. The van der Waals surface area contributed by atoms with E-state index in [4.69, 9.17) is 14.2 Å². The largest absolute Gasteiger partial charge is 0.497 e. The maximum Gasteiger partial charge on any atom is 0.203 e. The summed E-state index contributed by atoms with van der Waals surface area (Å²) in [5.41, 5.74) is 1.45. The maximum atomic E-state index is 13.0. The van der Waals surface area contributed by atoms with Crippen LogP contribution in [0.5, 0.6) is 17.2 Å². The Kier molecular flexibility index (Phi) is 6.86. The van der Waals surface area contributed by atoms with Crippen LogP contribution < -0.4 is 14.2 Å². The van der Waals surface area contributed by atoms with Crippen LogP contribution in [0.25, 0.3) is 0 Å². The van der Waals surface area contributed by atoms with Gasteiger partial charge in [-0.1, -0.05) is 19.1 Å². The number of para-hydroxylation sites is 1. The molecule has 0 spiro atoms. The Bertz CT molecular complexity index is 1010. The Morgan fingerprint density at radius 2 is 1.30 bits per heavy atom. The molecule has 5 nitrogen and oxygen atoms in total. The topological polar surface area (TPSA) is 61.8 Å². The van der Waals surface area contributed by atoms with E-state index in [0.717, 1.165) is 0 Å². The smallest absolute Gasteiger partial charge is 0.203 e. The van der Waals surface area contributed by atoms with E-state index in [-0.39, 0.29) is 11.6 Å². The molecule has 0 aliphatic heterocycles. The van der Waals surface area contributed by atoms with Crippen LogP contribution in [0.3, 0.4) is 0 Å². The molecule has 0 aliphatic carbocycles. The van der Waals surface area contributed by atoms with Crippen molar-refractivity contribution in [2.75, 3.05) is 14.2 Å². The molecule has 3 aromatic rings. The number of ether oxygens (including phenoxy) is 3. The second-order valence-electron chi connectivity index (χ2n) is 6.66. The SMILES string of the molecule is CCC(Oc1ccccc1C(=O)c1ccc(OC)cc1)C(=O)c1ccc(OC)cc1. The summed E-state index contributed by atoms with van der Waals surface area (Å²) in [6, 6.07) is 20.7. The molecule has 0 saturated heterocycles. The van der Waals surface area contributed by atoms with Gasteiger partial charge in [0, 0.05) is 11.1 Å². The van der Waals surface area contributed by atoms with Crippen LogP contribution in [-0.4, -0.2) is 31.9 Å². The number of carbonyl (C=O) groups is 2. The Morgan fingerprint density at radius 3 is 1.83 bits per heavy atom. The van der Waals surface area contributed by atoms with E-state index < -0.39 is 6.10 Å². The summed E-state index contributed by atoms with van der Waals surface area (Å²) in [5, 5.41) is 0. The fraction of sp³-hybridized carbons (Fsp3) is 0.200. The third kappa shape index (κ3) is 4.69. The highest BCUT2D eigenvalue weighted by Gasteiger charge is 2.23. The van der Waals surface area contributed by atoms with Crippen molar-refractivity contribution in [3.05, 3.63) is 89.5 Å². The van der Waals surface area contributed by atoms with Gasteiger partial charge in [-0.2, -0.15) is 0 Å². The predicted molar refractivity (Wildman–Crippen MR) is 115 cm³/mol. The molecule has 3 rings (SSSR count). The zero-order chi connectivity index (χ0) is 21.5. The van der Waals surface area contributed by atoms with Gasteiger partial charge in [-0.25, -0.2) is 0 Å².